The standard InChI is InChI=1S/C21H20O/c1-4-10-16(5-2)21(18-11-8-7-9-12-18)19-13-14-20(22)17(6-3)15-19/h4-15,21-22H,1-3H2/b16-10+. The van der Waals surface area contributed by atoms with Crippen molar-refractivity contribution in [1.29, 1.82) is 0 Å². The minimum Gasteiger partial charge on any atom is -0.507 e. The first-order chi connectivity index (χ1) is 10.7. The molecule has 0 spiro atoms. The summed E-state index contributed by atoms with van der Waals surface area (Å²) in [5.41, 5.74) is 4.02. The molecule has 0 saturated heterocycles. The molecule has 1 atom stereocenters. The van der Waals surface area contributed by atoms with Gasteiger partial charge in [-0.2, -0.15) is 0 Å². The number of benzene rings is 2. The largest absolute Gasteiger partial charge is 0.507 e. The summed E-state index contributed by atoms with van der Waals surface area (Å²) in [6.45, 7) is 11.5. The van der Waals surface area contributed by atoms with E-state index in [2.05, 4.69) is 31.9 Å². The van der Waals surface area contributed by atoms with E-state index in [4.69, 9.17) is 0 Å². The van der Waals surface area contributed by atoms with Crippen molar-refractivity contribution in [2.75, 3.05) is 0 Å². The van der Waals surface area contributed by atoms with Gasteiger partial charge in [0.05, 0.1) is 0 Å². The Bertz CT molecular complexity index is 708. The topological polar surface area (TPSA) is 20.2 Å². The van der Waals surface area contributed by atoms with Gasteiger partial charge in [-0.05, 0) is 28.8 Å². The van der Waals surface area contributed by atoms with Crippen molar-refractivity contribution in [2.45, 2.75) is 5.92 Å². The third-order valence-corrected chi connectivity index (χ3v) is 3.62. The molecule has 0 aliphatic heterocycles. The zero-order valence-corrected chi connectivity index (χ0v) is 12.6. The second-order valence-electron chi connectivity index (χ2n) is 4.97. The average Bonchev–Trinajstić information content (AvgIpc) is 2.56. The van der Waals surface area contributed by atoms with Crippen LogP contribution in [-0.4, -0.2) is 5.11 Å². The van der Waals surface area contributed by atoms with Gasteiger partial charge in [0, 0.05) is 11.5 Å². The normalized spacial score (nSPS) is 12.5. The van der Waals surface area contributed by atoms with Gasteiger partial charge in [0.15, 0.2) is 0 Å². The van der Waals surface area contributed by atoms with Gasteiger partial charge in [0.2, 0.25) is 0 Å². The Hall–Kier alpha value is -2.80. The Morgan fingerprint density at radius 1 is 0.955 bits per heavy atom. The lowest BCUT2D eigenvalue weighted by Gasteiger charge is -2.20. The highest BCUT2D eigenvalue weighted by Crippen LogP contribution is 2.34. The number of allylic oxidation sites excluding steroid dienone is 4. The maximum Gasteiger partial charge on any atom is 0.122 e. The predicted octanol–water partition coefficient (Wildman–Crippen LogP) is 5.47. The Kier molecular flexibility index (Phi) is 5.16. The molecule has 0 aliphatic carbocycles. The first-order valence-corrected chi connectivity index (χ1v) is 7.16. The summed E-state index contributed by atoms with van der Waals surface area (Å²) in [4.78, 5) is 0. The summed E-state index contributed by atoms with van der Waals surface area (Å²) in [5.74, 6) is 0.273. The summed E-state index contributed by atoms with van der Waals surface area (Å²) < 4.78 is 0. The number of phenols is 1. The number of hydrogen-bond acceptors (Lipinski definition) is 1. The minimum absolute atomic E-state index is 0.0380. The number of rotatable bonds is 6. The van der Waals surface area contributed by atoms with E-state index < -0.39 is 0 Å². The van der Waals surface area contributed by atoms with Crippen LogP contribution in [0.15, 0.2) is 92.1 Å². The van der Waals surface area contributed by atoms with Gasteiger partial charge in [0.1, 0.15) is 5.75 Å². The first kappa shape index (κ1) is 15.6. The van der Waals surface area contributed by atoms with Gasteiger partial charge < -0.3 is 5.11 Å². The Balaban J connectivity index is 2.63. The molecule has 0 aliphatic rings. The van der Waals surface area contributed by atoms with E-state index >= 15 is 0 Å². The van der Waals surface area contributed by atoms with E-state index in [1.165, 1.54) is 0 Å². The Labute approximate surface area is 132 Å². The van der Waals surface area contributed by atoms with Crippen molar-refractivity contribution in [2.24, 2.45) is 0 Å². The molecule has 1 nitrogen and oxygen atoms in total. The molecular weight excluding hydrogens is 268 g/mol. The van der Waals surface area contributed by atoms with E-state index in [9.17, 15) is 5.11 Å². The number of phenolic OH excluding ortho intramolecular Hbond substituents is 1. The van der Waals surface area contributed by atoms with Crippen molar-refractivity contribution in [3.63, 3.8) is 0 Å². The summed E-state index contributed by atoms with van der Waals surface area (Å²) in [5, 5.41) is 9.86. The van der Waals surface area contributed by atoms with Crippen LogP contribution in [0.2, 0.25) is 0 Å². The third kappa shape index (κ3) is 3.26. The molecule has 0 fully saturated rings. The molecular formula is C21H20O. The van der Waals surface area contributed by atoms with Crippen LogP contribution in [0, 0.1) is 0 Å². The lowest BCUT2D eigenvalue weighted by Crippen LogP contribution is -2.04. The van der Waals surface area contributed by atoms with Crippen LogP contribution >= 0.6 is 0 Å². The van der Waals surface area contributed by atoms with Gasteiger partial charge in [-0.25, -0.2) is 0 Å². The van der Waals surface area contributed by atoms with Crippen LogP contribution in [0.1, 0.15) is 22.6 Å². The molecule has 0 amide bonds. The second-order valence-corrected chi connectivity index (χ2v) is 4.97. The SMILES string of the molecule is C=C/C=C(\C=C)C(c1ccccc1)c1ccc(O)c(C=C)c1. The first-order valence-electron chi connectivity index (χ1n) is 7.16. The summed E-state index contributed by atoms with van der Waals surface area (Å²) in [6, 6.07) is 15.8. The van der Waals surface area contributed by atoms with Gasteiger partial charge >= 0.3 is 0 Å². The highest BCUT2D eigenvalue weighted by atomic mass is 16.3. The quantitative estimate of drug-likeness (QED) is 0.699. The fraction of sp³-hybridized carbons (Fsp3) is 0.0476. The third-order valence-electron chi connectivity index (χ3n) is 3.62. The molecule has 22 heavy (non-hydrogen) atoms. The molecule has 2 rings (SSSR count). The molecule has 0 aromatic heterocycles. The molecule has 1 heteroatoms. The highest BCUT2D eigenvalue weighted by molar-refractivity contribution is 5.58. The Morgan fingerprint density at radius 3 is 2.27 bits per heavy atom. The zero-order valence-electron chi connectivity index (χ0n) is 12.6. The number of hydrogen-bond donors (Lipinski definition) is 1. The van der Waals surface area contributed by atoms with E-state index in [-0.39, 0.29) is 11.7 Å². The van der Waals surface area contributed by atoms with Crippen LogP contribution in [0.4, 0.5) is 0 Å². The maximum absolute atomic E-state index is 9.86. The van der Waals surface area contributed by atoms with Crippen LogP contribution in [-0.2, 0) is 0 Å². The van der Waals surface area contributed by atoms with Crippen LogP contribution in [0.5, 0.6) is 5.75 Å². The molecule has 110 valence electrons. The van der Waals surface area contributed by atoms with Crippen molar-refractivity contribution >= 4 is 6.08 Å². The molecule has 2 aromatic carbocycles. The smallest absolute Gasteiger partial charge is 0.122 e. The number of aromatic hydroxyl groups is 1. The second kappa shape index (κ2) is 7.28. The fourth-order valence-corrected chi connectivity index (χ4v) is 2.56. The average molecular weight is 288 g/mol. The molecule has 0 bridgehead atoms. The van der Waals surface area contributed by atoms with E-state index in [0.717, 1.165) is 22.3 Å². The summed E-state index contributed by atoms with van der Waals surface area (Å²) in [7, 11) is 0. The molecule has 2 aromatic rings. The summed E-state index contributed by atoms with van der Waals surface area (Å²) in [6.07, 6.45) is 7.23. The molecule has 1 unspecified atom stereocenters. The maximum atomic E-state index is 9.86. The van der Waals surface area contributed by atoms with Gasteiger partial charge in [0.25, 0.3) is 0 Å². The fourth-order valence-electron chi connectivity index (χ4n) is 2.56. The Morgan fingerprint density at radius 2 is 1.68 bits per heavy atom. The van der Waals surface area contributed by atoms with Crippen molar-refractivity contribution in [3.8, 4) is 5.75 Å². The van der Waals surface area contributed by atoms with Crippen molar-refractivity contribution in [3.05, 3.63) is 109 Å². The highest BCUT2D eigenvalue weighted by Gasteiger charge is 2.17. The molecule has 0 heterocycles. The zero-order chi connectivity index (χ0) is 15.9. The monoisotopic (exact) mass is 288 g/mol. The van der Waals surface area contributed by atoms with E-state index in [1.807, 2.05) is 42.5 Å². The molecule has 0 saturated carbocycles. The lowest BCUT2D eigenvalue weighted by atomic mass is 9.84. The summed E-state index contributed by atoms with van der Waals surface area (Å²) >= 11 is 0. The minimum atomic E-state index is 0.0380. The van der Waals surface area contributed by atoms with Gasteiger partial charge in [-0.15, -0.1) is 0 Å². The van der Waals surface area contributed by atoms with Crippen molar-refractivity contribution < 1.29 is 5.11 Å². The van der Waals surface area contributed by atoms with Gasteiger partial charge in [-0.1, -0.05) is 80.4 Å². The molecule has 0 radical (unpaired) electrons. The van der Waals surface area contributed by atoms with Gasteiger partial charge in [-0.3, -0.25) is 0 Å². The molecule has 1 N–H and O–H groups in total. The van der Waals surface area contributed by atoms with E-state index in [0.29, 0.717) is 0 Å². The van der Waals surface area contributed by atoms with E-state index in [1.54, 1.807) is 18.2 Å². The van der Waals surface area contributed by atoms with Crippen LogP contribution < -0.4 is 0 Å². The lowest BCUT2D eigenvalue weighted by molar-refractivity contribution is 0.474. The van der Waals surface area contributed by atoms with Crippen LogP contribution in [0.25, 0.3) is 6.08 Å². The predicted molar refractivity (Wildman–Crippen MR) is 95.0 cm³/mol. The van der Waals surface area contributed by atoms with Crippen LogP contribution in [0.3, 0.4) is 0 Å². The van der Waals surface area contributed by atoms with Crippen molar-refractivity contribution in [1.82, 2.24) is 0 Å².